The summed E-state index contributed by atoms with van der Waals surface area (Å²) in [6.45, 7) is 1.10. The SMILES string of the molecule is CN1CCCC(N)C1c1ccc(Br)c(Cl)c1. The largest absolute Gasteiger partial charge is 0.326 e. The molecule has 4 heteroatoms. The molecule has 1 fully saturated rings. The first-order chi connectivity index (χ1) is 7.59. The molecule has 0 spiro atoms. The van der Waals surface area contributed by atoms with Gasteiger partial charge in [-0.2, -0.15) is 0 Å². The molecule has 1 aliphatic heterocycles. The summed E-state index contributed by atoms with van der Waals surface area (Å²) in [6, 6.07) is 6.60. The summed E-state index contributed by atoms with van der Waals surface area (Å²) < 4.78 is 0.935. The van der Waals surface area contributed by atoms with Crippen LogP contribution in [-0.2, 0) is 0 Å². The fraction of sp³-hybridized carbons (Fsp3) is 0.500. The molecule has 16 heavy (non-hydrogen) atoms. The van der Waals surface area contributed by atoms with Gasteiger partial charge in [-0.25, -0.2) is 0 Å². The Bertz CT molecular complexity index is 373. The lowest BCUT2D eigenvalue weighted by Gasteiger charge is -2.37. The van der Waals surface area contributed by atoms with Crippen molar-refractivity contribution >= 4 is 27.5 Å². The monoisotopic (exact) mass is 302 g/mol. The van der Waals surface area contributed by atoms with Crippen LogP contribution in [0.3, 0.4) is 0 Å². The molecule has 0 aromatic heterocycles. The van der Waals surface area contributed by atoms with Gasteiger partial charge in [-0.1, -0.05) is 17.7 Å². The molecule has 0 amide bonds. The fourth-order valence-electron chi connectivity index (χ4n) is 2.40. The van der Waals surface area contributed by atoms with E-state index in [0.29, 0.717) is 6.04 Å². The first kappa shape index (κ1) is 12.4. The predicted octanol–water partition coefficient (Wildman–Crippen LogP) is 3.20. The lowest BCUT2D eigenvalue weighted by atomic mass is 9.91. The van der Waals surface area contributed by atoms with Crippen LogP contribution in [0.5, 0.6) is 0 Å². The molecule has 1 aromatic carbocycles. The van der Waals surface area contributed by atoms with Crippen molar-refractivity contribution in [2.24, 2.45) is 5.73 Å². The van der Waals surface area contributed by atoms with Crippen molar-refractivity contribution in [3.63, 3.8) is 0 Å². The maximum absolute atomic E-state index is 6.19. The van der Waals surface area contributed by atoms with Gasteiger partial charge in [-0.05, 0) is 60.1 Å². The summed E-state index contributed by atoms with van der Waals surface area (Å²) >= 11 is 9.53. The number of likely N-dealkylation sites (tertiary alicyclic amines) is 1. The maximum Gasteiger partial charge on any atom is 0.0551 e. The van der Waals surface area contributed by atoms with E-state index in [2.05, 4.69) is 33.9 Å². The molecule has 0 saturated carbocycles. The molecule has 1 aliphatic rings. The van der Waals surface area contributed by atoms with Crippen LogP contribution in [0, 0.1) is 0 Å². The van der Waals surface area contributed by atoms with Crippen LogP contribution in [0.25, 0.3) is 0 Å². The van der Waals surface area contributed by atoms with E-state index in [4.69, 9.17) is 17.3 Å². The molecular weight excluding hydrogens is 288 g/mol. The van der Waals surface area contributed by atoms with Crippen molar-refractivity contribution < 1.29 is 0 Å². The molecule has 0 aliphatic carbocycles. The molecule has 1 heterocycles. The number of rotatable bonds is 1. The summed E-state index contributed by atoms with van der Waals surface area (Å²) in [4.78, 5) is 2.31. The van der Waals surface area contributed by atoms with Gasteiger partial charge in [-0.3, -0.25) is 4.90 Å². The molecule has 2 unspecified atom stereocenters. The topological polar surface area (TPSA) is 29.3 Å². The Morgan fingerprint density at radius 3 is 2.88 bits per heavy atom. The molecule has 1 aromatic rings. The molecule has 0 radical (unpaired) electrons. The molecule has 2 N–H and O–H groups in total. The second-order valence-electron chi connectivity index (χ2n) is 4.41. The second-order valence-corrected chi connectivity index (χ2v) is 5.67. The fourth-order valence-corrected chi connectivity index (χ4v) is 2.83. The van der Waals surface area contributed by atoms with Gasteiger partial charge in [0.25, 0.3) is 0 Å². The number of hydrogen-bond donors (Lipinski definition) is 1. The Kier molecular flexibility index (Phi) is 3.90. The average Bonchev–Trinajstić information content (AvgIpc) is 2.23. The molecule has 2 nitrogen and oxygen atoms in total. The first-order valence-electron chi connectivity index (χ1n) is 5.50. The zero-order valence-electron chi connectivity index (χ0n) is 9.29. The van der Waals surface area contributed by atoms with E-state index in [1.165, 1.54) is 12.0 Å². The van der Waals surface area contributed by atoms with Crippen molar-refractivity contribution in [3.8, 4) is 0 Å². The Labute approximate surface area is 110 Å². The Hall–Kier alpha value is -0.0900. The van der Waals surface area contributed by atoms with E-state index < -0.39 is 0 Å². The Balaban J connectivity index is 2.30. The minimum atomic E-state index is 0.205. The Morgan fingerprint density at radius 1 is 1.50 bits per heavy atom. The van der Waals surface area contributed by atoms with Gasteiger partial charge < -0.3 is 5.73 Å². The highest BCUT2D eigenvalue weighted by atomic mass is 79.9. The van der Waals surface area contributed by atoms with Crippen LogP contribution in [0.2, 0.25) is 5.02 Å². The lowest BCUT2D eigenvalue weighted by Crippen LogP contribution is -2.43. The van der Waals surface area contributed by atoms with E-state index in [1.54, 1.807) is 0 Å². The van der Waals surface area contributed by atoms with E-state index in [9.17, 15) is 0 Å². The van der Waals surface area contributed by atoms with Crippen LogP contribution in [-0.4, -0.2) is 24.5 Å². The maximum atomic E-state index is 6.19. The number of halogens is 2. The van der Waals surface area contributed by atoms with Crippen LogP contribution in [0.1, 0.15) is 24.4 Å². The van der Waals surface area contributed by atoms with Crippen LogP contribution in [0.4, 0.5) is 0 Å². The summed E-state index contributed by atoms with van der Waals surface area (Å²) in [7, 11) is 2.12. The molecule has 1 saturated heterocycles. The second kappa shape index (κ2) is 5.05. The summed E-state index contributed by atoms with van der Waals surface area (Å²) in [6.07, 6.45) is 2.26. The minimum absolute atomic E-state index is 0.205. The van der Waals surface area contributed by atoms with Gasteiger partial charge in [0, 0.05) is 16.6 Å². The highest BCUT2D eigenvalue weighted by Gasteiger charge is 2.27. The number of hydrogen-bond acceptors (Lipinski definition) is 2. The van der Waals surface area contributed by atoms with Crippen LogP contribution >= 0.6 is 27.5 Å². The van der Waals surface area contributed by atoms with Crippen LogP contribution < -0.4 is 5.73 Å². The normalized spacial score (nSPS) is 27.0. The minimum Gasteiger partial charge on any atom is -0.326 e. The summed E-state index contributed by atoms with van der Waals surface area (Å²) in [5.74, 6) is 0. The van der Waals surface area contributed by atoms with Crippen molar-refractivity contribution in [1.29, 1.82) is 0 Å². The van der Waals surface area contributed by atoms with E-state index in [1.807, 2.05) is 12.1 Å². The number of likely N-dealkylation sites (N-methyl/N-ethyl adjacent to an activating group) is 1. The molecule has 88 valence electrons. The number of piperidine rings is 1. The number of nitrogens with two attached hydrogens (primary N) is 1. The molecule has 2 atom stereocenters. The third-order valence-corrected chi connectivity index (χ3v) is 4.45. The Morgan fingerprint density at radius 2 is 2.25 bits per heavy atom. The van der Waals surface area contributed by atoms with Crippen molar-refractivity contribution in [3.05, 3.63) is 33.3 Å². The molecular formula is C12H16BrClN2. The van der Waals surface area contributed by atoms with Crippen molar-refractivity contribution in [2.45, 2.75) is 24.9 Å². The lowest BCUT2D eigenvalue weighted by molar-refractivity contribution is 0.163. The predicted molar refractivity (Wildman–Crippen MR) is 71.7 cm³/mol. The van der Waals surface area contributed by atoms with Gasteiger partial charge in [0.15, 0.2) is 0 Å². The van der Waals surface area contributed by atoms with E-state index in [-0.39, 0.29) is 6.04 Å². The summed E-state index contributed by atoms with van der Waals surface area (Å²) in [5.41, 5.74) is 7.40. The highest BCUT2D eigenvalue weighted by molar-refractivity contribution is 9.10. The van der Waals surface area contributed by atoms with Crippen LogP contribution in [0.15, 0.2) is 22.7 Å². The van der Waals surface area contributed by atoms with Gasteiger partial charge in [0.2, 0.25) is 0 Å². The molecule has 0 bridgehead atoms. The van der Waals surface area contributed by atoms with E-state index in [0.717, 1.165) is 22.5 Å². The quantitative estimate of drug-likeness (QED) is 0.863. The van der Waals surface area contributed by atoms with Gasteiger partial charge >= 0.3 is 0 Å². The highest BCUT2D eigenvalue weighted by Crippen LogP contribution is 2.32. The molecule has 2 rings (SSSR count). The van der Waals surface area contributed by atoms with Gasteiger partial charge in [0.05, 0.1) is 5.02 Å². The van der Waals surface area contributed by atoms with Gasteiger partial charge in [0.1, 0.15) is 0 Å². The smallest absolute Gasteiger partial charge is 0.0551 e. The van der Waals surface area contributed by atoms with Crippen molar-refractivity contribution in [1.82, 2.24) is 4.90 Å². The third kappa shape index (κ3) is 2.43. The average molecular weight is 304 g/mol. The zero-order valence-corrected chi connectivity index (χ0v) is 11.6. The zero-order chi connectivity index (χ0) is 11.7. The number of nitrogens with zero attached hydrogens (tertiary/aromatic N) is 1. The first-order valence-corrected chi connectivity index (χ1v) is 6.67. The van der Waals surface area contributed by atoms with Crippen molar-refractivity contribution in [2.75, 3.05) is 13.6 Å². The van der Waals surface area contributed by atoms with Gasteiger partial charge in [-0.15, -0.1) is 0 Å². The van der Waals surface area contributed by atoms with E-state index >= 15 is 0 Å². The summed E-state index contributed by atoms with van der Waals surface area (Å²) in [5, 5.41) is 0.753. The third-order valence-electron chi connectivity index (χ3n) is 3.21. The number of benzene rings is 1. The standard InChI is InChI=1S/C12H16BrClN2/c1-16-6-2-3-11(15)12(16)8-4-5-9(13)10(14)7-8/h4-5,7,11-12H,2-3,6,15H2,1H3.